The maximum absolute atomic E-state index is 12.4. The number of nitrogens with zero attached hydrogens (tertiary/aromatic N) is 1. The minimum absolute atomic E-state index is 0.153. The van der Waals surface area contributed by atoms with Crippen molar-refractivity contribution < 1.29 is 4.79 Å². The highest BCUT2D eigenvalue weighted by Crippen LogP contribution is 2.48. The number of hydrogen-bond acceptors (Lipinski definition) is 2. The van der Waals surface area contributed by atoms with Crippen LogP contribution in [-0.4, -0.2) is 11.6 Å². The Morgan fingerprint density at radius 1 is 1.00 bits per heavy atom. The van der Waals surface area contributed by atoms with Crippen LogP contribution in [0.4, 0.5) is 0 Å². The molecule has 3 atom stereocenters. The molecule has 3 rings (SSSR count). The summed E-state index contributed by atoms with van der Waals surface area (Å²) in [4.78, 5) is 12.4. The lowest BCUT2D eigenvalue weighted by Crippen LogP contribution is -2.34. The Balaban J connectivity index is 1.47. The molecule has 0 aliphatic heterocycles. The van der Waals surface area contributed by atoms with Gasteiger partial charge in [0.1, 0.15) is 0 Å². The Bertz CT molecular complexity index is 469. The van der Waals surface area contributed by atoms with Gasteiger partial charge >= 0.3 is 0 Å². The molecule has 0 aromatic carbocycles. The molecule has 1 amide bonds. The maximum Gasteiger partial charge on any atom is 0.243 e. The average Bonchev–Trinajstić information content (AvgIpc) is 3.14. The van der Waals surface area contributed by atoms with Crippen LogP contribution in [0.1, 0.15) is 79.1 Å². The number of hydrazone groups is 1. The molecule has 0 heterocycles. The van der Waals surface area contributed by atoms with Gasteiger partial charge in [-0.2, -0.15) is 5.10 Å². The van der Waals surface area contributed by atoms with Gasteiger partial charge in [-0.1, -0.05) is 27.2 Å². The van der Waals surface area contributed by atoms with Crippen LogP contribution in [0.3, 0.4) is 0 Å². The normalized spacial score (nSPS) is 37.9. The van der Waals surface area contributed by atoms with E-state index < -0.39 is 0 Å². The first kappa shape index (κ1) is 17.0. The predicted molar refractivity (Wildman–Crippen MR) is 95.1 cm³/mol. The van der Waals surface area contributed by atoms with Crippen molar-refractivity contribution in [3.8, 4) is 0 Å². The van der Waals surface area contributed by atoms with Crippen LogP contribution < -0.4 is 5.43 Å². The van der Waals surface area contributed by atoms with E-state index >= 15 is 0 Å². The lowest BCUT2D eigenvalue weighted by atomic mass is 9.70. The maximum atomic E-state index is 12.4. The van der Waals surface area contributed by atoms with Crippen molar-refractivity contribution in [1.82, 2.24) is 5.43 Å². The molecule has 3 fully saturated rings. The second-order valence-electron chi connectivity index (χ2n) is 9.43. The van der Waals surface area contributed by atoms with Gasteiger partial charge < -0.3 is 0 Å². The quantitative estimate of drug-likeness (QED) is 0.591. The molecule has 3 aliphatic rings. The van der Waals surface area contributed by atoms with Crippen LogP contribution in [0.15, 0.2) is 5.10 Å². The Morgan fingerprint density at radius 2 is 1.70 bits per heavy atom. The molecule has 0 aromatic heterocycles. The van der Waals surface area contributed by atoms with Gasteiger partial charge in [0.2, 0.25) is 5.91 Å². The van der Waals surface area contributed by atoms with Crippen molar-refractivity contribution in [3.05, 3.63) is 0 Å². The van der Waals surface area contributed by atoms with Crippen LogP contribution >= 0.6 is 0 Å². The Hall–Kier alpha value is -0.860. The van der Waals surface area contributed by atoms with E-state index in [1.54, 1.807) is 0 Å². The lowest BCUT2D eigenvalue weighted by molar-refractivity contribution is -0.126. The van der Waals surface area contributed by atoms with Gasteiger partial charge in [0.15, 0.2) is 0 Å². The number of amides is 1. The largest absolute Gasteiger partial charge is 0.273 e. The van der Waals surface area contributed by atoms with E-state index in [0.29, 0.717) is 11.3 Å². The summed E-state index contributed by atoms with van der Waals surface area (Å²) in [6, 6.07) is 0. The van der Waals surface area contributed by atoms with Crippen molar-refractivity contribution in [1.29, 1.82) is 0 Å². The van der Waals surface area contributed by atoms with Gasteiger partial charge in [-0.15, -0.1) is 0 Å². The SMILES string of the molecule is C/C(=N\NC(=O)C1CCC(C(C)(C)C)CC1)[C@@H]1C[C@@H]2CC[C@H]1C2. The summed E-state index contributed by atoms with van der Waals surface area (Å²) in [5, 5.41) is 4.48. The number of nitrogens with one attached hydrogen (secondary N) is 1. The van der Waals surface area contributed by atoms with E-state index in [0.717, 1.165) is 36.3 Å². The zero-order valence-electron chi connectivity index (χ0n) is 15.4. The van der Waals surface area contributed by atoms with Crippen LogP contribution in [0.2, 0.25) is 0 Å². The molecule has 0 unspecified atom stereocenters. The Morgan fingerprint density at radius 3 is 2.22 bits per heavy atom. The number of carbonyl (C=O) groups excluding carboxylic acids is 1. The first-order valence-electron chi connectivity index (χ1n) is 9.68. The second-order valence-corrected chi connectivity index (χ2v) is 9.43. The number of fused-ring (bicyclic) bond motifs is 2. The third-order valence-electron chi connectivity index (χ3n) is 6.94. The van der Waals surface area contributed by atoms with E-state index in [1.807, 2.05) is 0 Å². The molecular weight excluding hydrogens is 284 g/mol. The molecule has 3 aliphatic carbocycles. The molecule has 0 radical (unpaired) electrons. The predicted octanol–water partition coefficient (Wildman–Crippen LogP) is 4.77. The summed E-state index contributed by atoms with van der Waals surface area (Å²) in [7, 11) is 0. The highest BCUT2D eigenvalue weighted by Gasteiger charge is 2.40. The van der Waals surface area contributed by atoms with Crippen LogP contribution in [0.25, 0.3) is 0 Å². The monoisotopic (exact) mass is 318 g/mol. The van der Waals surface area contributed by atoms with Crippen LogP contribution in [-0.2, 0) is 4.79 Å². The van der Waals surface area contributed by atoms with Gasteiger partial charge in [-0.05, 0) is 75.0 Å². The van der Waals surface area contributed by atoms with E-state index in [-0.39, 0.29) is 11.8 Å². The molecule has 0 saturated heterocycles. The van der Waals surface area contributed by atoms with Crippen molar-refractivity contribution >= 4 is 11.6 Å². The molecule has 0 spiro atoms. The summed E-state index contributed by atoms with van der Waals surface area (Å²) in [5.41, 5.74) is 4.43. The Labute approximate surface area is 141 Å². The second kappa shape index (κ2) is 6.57. The minimum Gasteiger partial charge on any atom is -0.273 e. The topological polar surface area (TPSA) is 41.5 Å². The standard InChI is InChI=1S/C20H34N2O/c1-13(18-12-14-5-6-16(18)11-14)21-22-19(23)15-7-9-17(10-8-15)20(2,3)4/h14-18H,5-12H2,1-4H3,(H,22,23)/b21-13+/t14-,15?,16+,17?,18+/m1/s1. The molecule has 2 bridgehead atoms. The van der Waals surface area contributed by atoms with E-state index in [1.165, 1.54) is 38.5 Å². The lowest BCUT2D eigenvalue weighted by Gasteiger charge is -2.36. The molecular formula is C20H34N2O. The van der Waals surface area contributed by atoms with E-state index in [4.69, 9.17) is 0 Å². The van der Waals surface area contributed by atoms with Crippen molar-refractivity contribution in [2.45, 2.75) is 79.1 Å². The first-order valence-corrected chi connectivity index (χ1v) is 9.68. The molecule has 0 aromatic rings. The number of rotatable bonds is 3. The van der Waals surface area contributed by atoms with Gasteiger partial charge in [0.05, 0.1) is 0 Å². The molecule has 23 heavy (non-hydrogen) atoms. The molecule has 3 saturated carbocycles. The number of hydrogen-bond donors (Lipinski definition) is 1. The van der Waals surface area contributed by atoms with Crippen molar-refractivity contribution in [2.75, 3.05) is 0 Å². The fraction of sp³-hybridized carbons (Fsp3) is 0.900. The van der Waals surface area contributed by atoms with Gasteiger partial charge in [0, 0.05) is 17.5 Å². The molecule has 130 valence electrons. The molecule has 1 N–H and O–H groups in total. The third kappa shape index (κ3) is 3.80. The van der Waals surface area contributed by atoms with Gasteiger partial charge in [-0.25, -0.2) is 5.43 Å². The molecule has 3 nitrogen and oxygen atoms in total. The third-order valence-corrected chi connectivity index (χ3v) is 6.94. The highest BCUT2D eigenvalue weighted by atomic mass is 16.2. The average molecular weight is 319 g/mol. The van der Waals surface area contributed by atoms with Crippen LogP contribution in [0, 0.1) is 35.0 Å². The summed E-state index contributed by atoms with van der Waals surface area (Å²) >= 11 is 0. The number of carbonyl (C=O) groups is 1. The fourth-order valence-electron chi connectivity index (χ4n) is 5.30. The summed E-state index contributed by atoms with van der Waals surface area (Å²) in [6.07, 6.45) is 9.87. The summed E-state index contributed by atoms with van der Waals surface area (Å²) in [6.45, 7) is 9.07. The van der Waals surface area contributed by atoms with Crippen molar-refractivity contribution in [2.24, 2.45) is 40.1 Å². The molecule has 3 heteroatoms. The van der Waals surface area contributed by atoms with E-state index in [9.17, 15) is 4.79 Å². The first-order chi connectivity index (χ1) is 10.8. The highest BCUT2D eigenvalue weighted by molar-refractivity contribution is 5.87. The van der Waals surface area contributed by atoms with E-state index in [2.05, 4.69) is 38.2 Å². The summed E-state index contributed by atoms with van der Waals surface area (Å²) in [5.74, 6) is 3.47. The smallest absolute Gasteiger partial charge is 0.243 e. The zero-order valence-corrected chi connectivity index (χ0v) is 15.4. The van der Waals surface area contributed by atoms with Gasteiger partial charge in [-0.3, -0.25) is 4.79 Å². The summed E-state index contributed by atoms with van der Waals surface area (Å²) < 4.78 is 0. The van der Waals surface area contributed by atoms with Crippen molar-refractivity contribution in [3.63, 3.8) is 0 Å². The zero-order chi connectivity index (χ0) is 16.6. The Kier molecular flexibility index (Phi) is 4.85. The van der Waals surface area contributed by atoms with Gasteiger partial charge in [0.25, 0.3) is 0 Å². The van der Waals surface area contributed by atoms with Crippen LogP contribution in [0.5, 0.6) is 0 Å². The fourth-order valence-corrected chi connectivity index (χ4v) is 5.30. The minimum atomic E-state index is 0.153.